The van der Waals surface area contributed by atoms with Crippen molar-refractivity contribution in [1.82, 2.24) is 5.32 Å². The molecule has 0 spiro atoms. The van der Waals surface area contributed by atoms with Crippen LogP contribution in [0.15, 0.2) is 72.8 Å². The molecule has 0 radical (unpaired) electrons. The van der Waals surface area contributed by atoms with Gasteiger partial charge in [0.1, 0.15) is 0 Å². The quantitative estimate of drug-likeness (QED) is 0.614. The van der Waals surface area contributed by atoms with Crippen LogP contribution in [0.4, 0.5) is 4.79 Å². The van der Waals surface area contributed by atoms with Crippen LogP contribution in [-0.2, 0) is 22.5 Å². The van der Waals surface area contributed by atoms with Gasteiger partial charge in [0.15, 0.2) is 11.9 Å². The van der Waals surface area contributed by atoms with Gasteiger partial charge in [-0.25, -0.2) is 4.79 Å². The average Bonchev–Trinajstić information content (AvgIpc) is 2.72. The van der Waals surface area contributed by atoms with Crippen LogP contribution < -0.4 is 5.32 Å². The minimum Gasteiger partial charge on any atom is -0.438 e. The summed E-state index contributed by atoms with van der Waals surface area (Å²) in [7, 11) is 0. The summed E-state index contributed by atoms with van der Waals surface area (Å²) < 4.78 is 5.36. The van der Waals surface area contributed by atoms with Gasteiger partial charge in [-0.3, -0.25) is 4.79 Å². The summed E-state index contributed by atoms with van der Waals surface area (Å²) in [4.78, 5) is 24.3. The van der Waals surface area contributed by atoms with E-state index in [1.807, 2.05) is 72.8 Å². The van der Waals surface area contributed by atoms with Crippen LogP contribution in [-0.4, -0.2) is 23.9 Å². The molecule has 0 aliphatic heterocycles. The van der Waals surface area contributed by atoms with Crippen molar-refractivity contribution in [2.45, 2.75) is 19.1 Å². The van der Waals surface area contributed by atoms with Gasteiger partial charge in [0, 0.05) is 13.0 Å². The summed E-state index contributed by atoms with van der Waals surface area (Å²) in [5, 5.41) is 4.85. The van der Waals surface area contributed by atoms with Crippen LogP contribution in [0.25, 0.3) is 10.8 Å². The first kappa shape index (κ1) is 18.9. The largest absolute Gasteiger partial charge is 0.438 e. The Labute approximate surface area is 163 Å². The molecule has 3 rings (SSSR count). The molecule has 0 heterocycles. The number of alkyl halides is 1. The van der Waals surface area contributed by atoms with Gasteiger partial charge in [0.2, 0.25) is 0 Å². The van der Waals surface area contributed by atoms with E-state index in [0.29, 0.717) is 6.54 Å². The number of rotatable bonds is 7. The Bertz CT molecular complexity index is 927. The molecule has 1 unspecified atom stereocenters. The van der Waals surface area contributed by atoms with Crippen molar-refractivity contribution >= 4 is 34.2 Å². The molecule has 1 N–H and O–H groups in total. The molecular weight excluding hydrogens is 362 g/mol. The van der Waals surface area contributed by atoms with E-state index in [9.17, 15) is 9.59 Å². The van der Waals surface area contributed by atoms with E-state index >= 15 is 0 Å². The molecule has 1 atom stereocenters. The van der Waals surface area contributed by atoms with Gasteiger partial charge in [-0.15, -0.1) is 11.6 Å². The van der Waals surface area contributed by atoms with Crippen molar-refractivity contribution in [1.29, 1.82) is 0 Å². The number of amides is 1. The van der Waals surface area contributed by atoms with Crippen LogP contribution in [0.3, 0.4) is 0 Å². The predicted octanol–water partition coefficient (Wildman–Crippen LogP) is 4.49. The SMILES string of the molecule is O=C(NCc1ccccc1)OC(Cc1ccc2ccccc2c1)C(=O)CCl. The Balaban J connectivity index is 1.65. The van der Waals surface area contributed by atoms with Gasteiger partial charge in [0.25, 0.3) is 0 Å². The van der Waals surface area contributed by atoms with Crippen LogP contribution >= 0.6 is 11.6 Å². The van der Waals surface area contributed by atoms with Crippen LogP contribution in [0.2, 0.25) is 0 Å². The molecular formula is C22H20ClNO3. The van der Waals surface area contributed by atoms with Crippen molar-refractivity contribution in [3.05, 3.63) is 83.9 Å². The summed E-state index contributed by atoms with van der Waals surface area (Å²) in [6.07, 6.45) is -1.27. The predicted molar refractivity (Wildman–Crippen MR) is 107 cm³/mol. The van der Waals surface area contributed by atoms with E-state index < -0.39 is 12.2 Å². The summed E-state index contributed by atoms with van der Waals surface area (Å²) in [5.74, 6) is -0.524. The number of nitrogens with one attached hydrogen (secondary N) is 1. The highest BCUT2D eigenvalue weighted by atomic mass is 35.5. The van der Waals surface area contributed by atoms with Crippen molar-refractivity contribution in [3.63, 3.8) is 0 Å². The third kappa shape index (κ3) is 5.31. The zero-order chi connectivity index (χ0) is 19.1. The van der Waals surface area contributed by atoms with Crippen molar-refractivity contribution in [2.75, 3.05) is 5.88 Å². The average molecular weight is 382 g/mol. The van der Waals surface area contributed by atoms with E-state index in [1.165, 1.54) is 0 Å². The number of carbonyl (C=O) groups excluding carboxylic acids is 2. The monoisotopic (exact) mass is 381 g/mol. The maximum absolute atomic E-state index is 12.2. The highest BCUT2D eigenvalue weighted by Gasteiger charge is 2.22. The number of Topliss-reactive ketones (excluding diaryl/α,β-unsaturated/α-hetero) is 1. The zero-order valence-electron chi connectivity index (χ0n) is 14.7. The molecule has 27 heavy (non-hydrogen) atoms. The third-order valence-corrected chi connectivity index (χ3v) is 4.52. The number of halogens is 1. The molecule has 138 valence electrons. The van der Waals surface area contributed by atoms with Gasteiger partial charge >= 0.3 is 6.09 Å². The second kappa shape index (κ2) is 9.19. The summed E-state index contributed by atoms with van der Waals surface area (Å²) in [5.41, 5.74) is 1.86. The lowest BCUT2D eigenvalue weighted by molar-refractivity contribution is -0.124. The number of carbonyl (C=O) groups is 2. The number of hydrogen-bond donors (Lipinski definition) is 1. The Morgan fingerprint density at radius 2 is 1.59 bits per heavy atom. The van der Waals surface area contributed by atoms with Gasteiger partial charge in [-0.05, 0) is 21.9 Å². The highest BCUT2D eigenvalue weighted by molar-refractivity contribution is 6.28. The fraction of sp³-hybridized carbons (Fsp3) is 0.182. The lowest BCUT2D eigenvalue weighted by atomic mass is 10.0. The Kier molecular flexibility index (Phi) is 6.44. The number of hydrogen-bond acceptors (Lipinski definition) is 3. The summed E-state index contributed by atoms with van der Waals surface area (Å²) in [6, 6.07) is 23.4. The Morgan fingerprint density at radius 1 is 0.889 bits per heavy atom. The normalized spacial score (nSPS) is 11.7. The standard InChI is InChI=1S/C22H20ClNO3/c23-14-20(25)21(27-22(26)24-15-16-6-2-1-3-7-16)13-17-10-11-18-8-4-5-9-19(18)12-17/h1-12,21H,13-15H2,(H,24,26). The van der Waals surface area contributed by atoms with Crippen LogP contribution in [0.1, 0.15) is 11.1 Å². The third-order valence-electron chi connectivity index (χ3n) is 4.25. The van der Waals surface area contributed by atoms with Gasteiger partial charge in [-0.2, -0.15) is 0 Å². The smallest absolute Gasteiger partial charge is 0.408 e. The second-order valence-corrected chi connectivity index (χ2v) is 6.49. The molecule has 1 amide bonds. The van der Waals surface area contributed by atoms with E-state index in [4.69, 9.17) is 16.3 Å². The topological polar surface area (TPSA) is 55.4 Å². The van der Waals surface area contributed by atoms with E-state index in [-0.39, 0.29) is 18.1 Å². The van der Waals surface area contributed by atoms with E-state index in [2.05, 4.69) is 5.32 Å². The minimum absolute atomic E-state index is 0.204. The number of benzene rings is 3. The Hall–Kier alpha value is -2.85. The molecule has 0 saturated heterocycles. The Morgan fingerprint density at radius 3 is 2.33 bits per heavy atom. The molecule has 3 aromatic rings. The molecule has 0 aromatic heterocycles. The fourth-order valence-corrected chi connectivity index (χ4v) is 3.00. The lowest BCUT2D eigenvalue weighted by Gasteiger charge is -2.17. The van der Waals surface area contributed by atoms with Crippen molar-refractivity contribution < 1.29 is 14.3 Å². The molecule has 0 fully saturated rings. The summed E-state index contributed by atoms with van der Waals surface area (Å²) >= 11 is 5.70. The second-order valence-electron chi connectivity index (χ2n) is 6.22. The zero-order valence-corrected chi connectivity index (χ0v) is 15.5. The number of fused-ring (bicyclic) bond motifs is 1. The maximum Gasteiger partial charge on any atom is 0.408 e. The number of ketones is 1. The van der Waals surface area contributed by atoms with Gasteiger partial charge < -0.3 is 10.1 Å². The van der Waals surface area contributed by atoms with Gasteiger partial charge in [0.05, 0.1) is 5.88 Å². The highest BCUT2D eigenvalue weighted by Crippen LogP contribution is 2.18. The first-order valence-electron chi connectivity index (χ1n) is 8.70. The van der Waals surface area contributed by atoms with Crippen molar-refractivity contribution in [3.8, 4) is 0 Å². The molecule has 0 aliphatic rings. The molecule has 0 bridgehead atoms. The summed E-state index contributed by atoms with van der Waals surface area (Å²) in [6.45, 7) is 0.331. The molecule has 0 saturated carbocycles. The number of ether oxygens (including phenoxy) is 1. The van der Waals surface area contributed by atoms with Gasteiger partial charge in [-0.1, -0.05) is 72.8 Å². The van der Waals surface area contributed by atoms with Crippen LogP contribution in [0, 0.1) is 0 Å². The lowest BCUT2D eigenvalue weighted by Crippen LogP contribution is -2.35. The van der Waals surface area contributed by atoms with E-state index in [0.717, 1.165) is 21.9 Å². The minimum atomic E-state index is -0.917. The van der Waals surface area contributed by atoms with Crippen LogP contribution in [0.5, 0.6) is 0 Å². The molecule has 0 aliphatic carbocycles. The first-order valence-corrected chi connectivity index (χ1v) is 9.24. The number of alkyl carbamates (subject to hydrolysis) is 1. The molecule has 5 heteroatoms. The van der Waals surface area contributed by atoms with E-state index in [1.54, 1.807) is 0 Å². The maximum atomic E-state index is 12.2. The van der Waals surface area contributed by atoms with Crippen molar-refractivity contribution in [2.24, 2.45) is 0 Å². The fourth-order valence-electron chi connectivity index (χ4n) is 2.83. The molecule has 3 aromatic carbocycles. The first-order chi connectivity index (χ1) is 13.2. The molecule has 4 nitrogen and oxygen atoms in total.